The fourth-order valence-corrected chi connectivity index (χ4v) is 4.75. The van der Waals surface area contributed by atoms with Gasteiger partial charge < -0.3 is 10.1 Å². The number of hydrogen-bond donors (Lipinski definition) is 1. The van der Waals surface area contributed by atoms with Crippen molar-refractivity contribution >= 4 is 5.91 Å². The first-order chi connectivity index (χ1) is 15.6. The molecule has 1 aliphatic rings. The summed E-state index contributed by atoms with van der Waals surface area (Å²) in [7, 11) is 3.42. The lowest BCUT2D eigenvalue weighted by Crippen LogP contribution is -2.52. The van der Waals surface area contributed by atoms with Crippen molar-refractivity contribution in [2.24, 2.45) is 5.41 Å². The van der Waals surface area contributed by atoms with Gasteiger partial charge in [0.25, 0.3) is 0 Å². The molecular weight excluding hydrogens is 398 g/mol. The van der Waals surface area contributed by atoms with E-state index in [1.54, 1.807) is 14.2 Å². The van der Waals surface area contributed by atoms with Crippen LogP contribution in [0, 0.1) is 5.41 Å². The number of nitrogens with one attached hydrogen (secondary N) is 1. The van der Waals surface area contributed by atoms with Gasteiger partial charge in [0.1, 0.15) is 5.75 Å². The minimum atomic E-state index is -0.427. The van der Waals surface area contributed by atoms with Crippen LogP contribution >= 0.6 is 0 Å². The Hall–Kier alpha value is -3.18. The van der Waals surface area contributed by atoms with E-state index in [2.05, 4.69) is 51.6 Å². The number of rotatable bonds is 7. The summed E-state index contributed by atoms with van der Waals surface area (Å²) < 4.78 is 5.25. The molecule has 5 heteroatoms. The van der Waals surface area contributed by atoms with Crippen LogP contribution in [-0.4, -0.2) is 43.0 Å². The molecule has 32 heavy (non-hydrogen) atoms. The summed E-state index contributed by atoms with van der Waals surface area (Å²) in [6.45, 7) is 2.51. The Morgan fingerprint density at radius 1 is 1.06 bits per heavy atom. The summed E-state index contributed by atoms with van der Waals surface area (Å²) in [4.78, 5) is 19.9. The molecule has 3 aromatic rings. The zero-order valence-electron chi connectivity index (χ0n) is 18.9. The summed E-state index contributed by atoms with van der Waals surface area (Å²) in [6.07, 6.45) is 4.46. The van der Waals surface area contributed by atoms with Crippen LogP contribution in [0.3, 0.4) is 0 Å². The highest BCUT2D eigenvalue weighted by atomic mass is 16.5. The Morgan fingerprint density at radius 2 is 1.78 bits per heavy atom. The number of carbonyl (C=O) groups excluding carboxylic acids is 1. The first-order valence-corrected chi connectivity index (χ1v) is 11.2. The van der Waals surface area contributed by atoms with Gasteiger partial charge in [0, 0.05) is 26.3 Å². The van der Waals surface area contributed by atoms with Crippen molar-refractivity contribution in [2.75, 3.05) is 27.2 Å². The smallest absolute Gasteiger partial charge is 0.227 e. The van der Waals surface area contributed by atoms with Crippen molar-refractivity contribution in [1.29, 1.82) is 0 Å². The van der Waals surface area contributed by atoms with Gasteiger partial charge in [-0.15, -0.1) is 0 Å². The standard InChI is InChI=1S/C27H31N3O2/c1-28-26(31)27(15-5-17-30(20-27)19-24-6-3-4-16-29-24)18-21-7-9-22(10-8-21)23-11-13-25(32-2)14-12-23/h3-4,6-14,16H,5,15,17-20H2,1-2H3,(H,28,31). The number of hydrogen-bond acceptors (Lipinski definition) is 4. The van der Waals surface area contributed by atoms with E-state index in [1.807, 2.05) is 36.5 Å². The third kappa shape index (κ3) is 5.00. The number of aromatic nitrogens is 1. The number of methoxy groups -OCH3 is 1. The monoisotopic (exact) mass is 429 g/mol. The molecule has 0 saturated carbocycles. The average Bonchev–Trinajstić information content (AvgIpc) is 2.85. The van der Waals surface area contributed by atoms with Gasteiger partial charge >= 0.3 is 0 Å². The lowest BCUT2D eigenvalue weighted by atomic mass is 9.74. The number of pyridine rings is 1. The Labute approximate surface area is 190 Å². The maximum Gasteiger partial charge on any atom is 0.227 e. The molecule has 1 amide bonds. The van der Waals surface area contributed by atoms with E-state index in [1.165, 1.54) is 5.56 Å². The maximum atomic E-state index is 13.1. The molecule has 2 heterocycles. The lowest BCUT2D eigenvalue weighted by molar-refractivity contribution is -0.134. The number of likely N-dealkylation sites (tertiary alicyclic amines) is 1. The largest absolute Gasteiger partial charge is 0.497 e. The van der Waals surface area contributed by atoms with E-state index >= 15 is 0 Å². The Balaban J connectivity index is 1.51. The second-order valence-corrected chi connectivity index (χ2v) is 8.60. The van der Waals surface area contributed by atoms with Crippen molar-refractivity contribution in [2.45, 2.75) is 25.8 Å². The molecule has 1 unspecified atom stereocenters. The molecule has 166 valence electrons. The van der Waals surface area contributed by atoms with E-state index in [0.717, 1.165) is 61.5 Å². The molecule has 0 aliphatic carbocycles. The number of benzene rings is 2. The molecule has 0 spiro atoms. The van der Waals surface area contributed by atoms with Gasteiger partial charge in [-0.05, 0) is 66.8 Å². The summed E-state index contributed by atoms with van der Waals surface area (Å²) in [5.41, 5.74) is 4.11. The van der Waals surface area contributed by atoms with Gasteiger partial charge in [0.15, 0.2) is 0 Å². The van der Waals surface area contributed by atoms with Crippen LogP contribution in [0.1, 0.15) is 24.1 Å². The highest BCUT2D eigenvalue weighted by Gasteiger charge is 2.41. The first-order valence-electron chi connectivity index (χ1n) is 11.2. The summed E-state index contributed by atoms with van der Waals surface area (Å²) >= 11 is 0. The fourth-order valence-electron chi connectivity index (χ4n) is 4.75. The average molecular weight is 430 g/mol. The second kappa shape index (κ2) is 9.96. The van der Waals surface area contributed by atoms with Gasteiger partial charge in [-0.1, -0.05) is 42.5 Å². The van der Waals surface area contributed by atoms with E-state index in [0.29, 0.717) is 0 Å². The predicted octanol–water partition coefficient (Wildman–Crippen LogP) is 4.33. The maximum absolute atomic E-state index is 13.1. The van der Waals surface area contributed by atoms with E-state index in [9.17, 15) is 4.79 Å². The molecule has 0 radical (unpaired) electrons. The van der Waals surface area contributed by atoms with Gasteiger partial charge in [-0.2, -0.15) is 0 Å². The number of piperidine rings is 1. The minimum absolute atomic E-state index is 0.127. The van der Waals surface area contributed by atoms with Crippen molar-refractivity contribution in [3.8, 4) is 16.9 Å². The van der Waals surface area contributed by atoms with Crippen LogP contribution in [0.5, 0.6) is 5.75 Å². The molecule has 1 atom stereocenters. The third-order valence-corrected chi connectivity index (χ3v) is 6.40. The molecule has 1 N–H and O–H groups in total. The Morgan fingerprint density at radius 3 is 2.41 bits per heavy atom. The molecule has 2 aromatic carbocycles. The summed E-state index contributed by atoms with van der Waals surface area (Å²) in [6, 6.07) is 22.7. The highest BCUT2D eigenvalue weighted by Crippen LogP contribution is 2.35. The summed E-state index contributed by atoms with van der Waals surface area (Å²) in [5, 5.41) is 2.94. The molecule has 4 rings (SSSR count). The molecule has 1 fully saturated rings. The molecule has 1 aromatic heterocycles. The SMILES string of the molecule is CNC(=O)C1(Cc2ccc(-c3ccc(OC)cc3)cc2)CCCN(Cc2ccccn2)C1. The van der Waals surface area contributed by atoms with Crippen LogP contribution in [0.15, 0.2) is 72.9 Å². The molecule has 0 bridgehead atoms. The number of nitrogens with zero attached hydrogens (tertiary/aromatic N) is 2. The topological polar surface area (TPSA) is 54.5 Å². The Bertz CT molecular complexity index is 1020. The predicted molar refractivity (Wildman–Crippen MR) is 127 cm³/mol. The fraction of sp³-hybridized carbons (Fsp3) is 0.333. The van der Waals surface area contributed by atoms with E-state index < -0.39 is 5.41 Å². The highest BCUT2D eigenvalue weighted by molar-refractivity contribution is 5.83. The Kier molecular flexibility index (Phi) is 6.86. The molecule has 5 nitrogen and oxygen atoms in total. The van der Waals surface area contributed by atoms with Crippen LogP contribution in [0.25, 0.3) is 11.1 Å². The van der Waals surface area contributed by atoms with Gasteiger partial charge in [-0.25, -0.2) is 0 Å². The zero-order valence-corrected chi connectivity index (χ0v) is 18.9. The lowest BCUT2D eigenvalue weighted by Gasteiger charge is -2.41. The van der Waals surface area contributed by atoms with Crippen molar-refractivity contribution in [1.82, 2.24) is 15.2 Å². The quantitative estimate of drug-likeness (QED) is 0.607. The van der Waals surface area contributed by atoms with Gasteiger partial charge in [-0.3, -0.25) is 14.7 Å². The summed E-state index contributed by atoms with van der Waals surface area (Å²) in [5.74, 6) is 0.980. The molecule has 1 aliphatic heterocycles. The van der Waals surface area contributed by atoms with Gasteiger partial charge in [0.2, 0.25) is 5.91 Å². The van der Waals surface area contributed by atoms with Crippen molar-refractivity contribution in [3.63, 3.8) is 0 Å². The molecule has 1 saturated heterocycles. The zero-order chi connectivity index (χ0) is 22.4. The number of carbonyl (C=O) groups is 1. The normalized spacial score (nSPS) is 18.8. The first kappa shape index (κ1) is 22.0. The van der Waals surface area contributed by atoms with Crippen LogP contribution in [0.2, 0.25) is 0 Å². The van der Waals surface area contributed by atoms with Gasteiger partial charge in [0.05, 0.1) is 18.2 Å². The minimum Gasteiger partial charge on any atom is -0.497 e. The number of ether oxygens (including phenoxy) is 1. The van der Waals surface area contributed by atoms with Crippen LogP contribution in [0.4, 0.5) is 0 Å². The second-order valence-electron chi connectivity index (χ2n) is 8.60. The van der Waals surface area contributed by atoms with E-state index in [4.69, 9.17) is 4.74 Å². The van der Waals surface area contributed by atoms with Crippen LogP contribution < -0.4 is 10.1 Å². The van der Waals surface area contributed by atoms with E-state index in [-0.39, 0.29) is 5.91 Å². The third-order valence-electron chi connectivity index (χ3n) is 6.40. The van der Waals surface area contributed by atoms with Crippen molar-refractivity contribution in [3.05, 3.63) is 84.2 Å². The number of amides is 1. The molecular formula is C27H31N3O2. The van der Waals surface area contributed by atoms with Crippen LogP contribution in [-0.2, 0) is 17.8 Å². The van der Waals surface area contributed by atoms with Crippen molar-refractivity contribution < 1.29 is 9.53 Å².